The van der Waals surface area contributed by atoms with Crippen LogP contribution in [0.4, 0.5) is 13.2 Å². The average molecular weight is 362 g/mol. The molecule has 0 aliphatic rings. The smallest absolute Gasteiger partial charge is 0.337 e. The molecule has 2 heterocycles. The second-order valence-corrected chi connectivity index (χ2v) is 5.96. The predicted molar refractivity (Wildman–Crippen MR) is 92.3 cm³/mol. The summed E-state index contributed by atoms with van der Waals surface area (Å²) in [7, 11) is 1.69. The molecule has 0 amide bonds. The number of hydrogen-bond donors (Lipinski definition) is 2. The molecule has 0 radical (unpaired) electrons. The van der Waals surface area contributed by atoms with Crippen LogP contribution in [0.3, 0.4) is 0 Å². The van der Waals surface area contributed by atoms with E-state index in [1.165, 1.54) is 16.8 Å². The Morgan fingerprint density at radius 1 is 1.19 bits per heavy atom. The van der Waals surface area contributed by atoms with E-state index in [0.717, 1.165) is 12.1 Å². The summed E-state index contributed by atoms with van der Waals surface area (Å²) in [5, 5.41) is 12.2. The number of aryl methyl sites for hydroxylation is 2. The van der Waals surface area contributed by atoms with Crippen LogP contribution in [0.1, 0.15) is 24.0 Å². The molecule has 2 aromatic heterocycles. The van der Waals surface area contributed by atoms with Crippen LogP contribution in [0.2, 0.25) is 0 Å². The highest BCUT2D eigenvalue weighted by molar-refractivity contribution is 6.01. The highest BCUT2D eigenvalue weighted by Crippen LogP contribution is 2.35. The Morgan fingerprint density at radius 3 is 2.35 bits per heavy atom. The fourth-order valence-electron chi connectivity index (χ4n) is 2.86. The lowest BCUT2D eigenvalue weighted by Gasteiger charge is -2.10. The zero-order valence-electron chi connectivity index (χ0n) is 14.4. The topological polar surface area (TPSA) is 85.5 Å². The minimum Gasteiger partial charge on any atom is -0.337 e. The lowest BCUT2D eigenvalue weighted by Crippen LogP contribution is -2.16. The van der Waals surface area contributed by atoms with Crippen molar-refractivity contribution in [2.75, 3.05) is 5.84 Å². The summed E-state index contributed by atoms with van der Waals surface area (Å²) in [5.41, 5.74) is 2.17. The van der Waals surface area contributed by atoms with E-state index in [1.54, 1.807) is 31.8 Å². The molecule has 3 rings (SSSR count). The maximum absolute atomic E-state index is 12.8. The van der Waals surface area contributed by atoms with E-state index >= 15 is 0 Å². The van der Waals surface area contributed by atoms with Gasteiger partial charge in [-0.25, -0.2) is 9.66 Å². The summed E-state index contributed by atoms with van der Waals surface area (Å²) in [5.74, 6) is 6.48. The molecule has 0 saturated carbocycles. The first-order valence-corrected chi connectivity index (χ1v) is 7.71. The molecule has 0 spiro atoms. The number of alkyl halides is 3. The Kier molecular flexibility index (Phi) is 4.09. The fourth-order valence-corrected chi connectivity index (χ4v) is 2.86. The third-order valence-corrected chi connectivity index (χ3v) is 4.12. The van der Waals surface area contributed by atoms with E-state index in [1.807, 2.05) is 0 Å². The van der Waals surface area contributed by atoms with Crippen molar-refractivity contribution in [3.05, 3.63) is 47.5 Å². The normalized spacial score (nSPS) is 11.8. The van der Waals surface area contributed by atoms with Crippen molar-refractivity contribution < 1.29 is 13.2 Å². The Morgan fingerprint density at radius 2 is 1.81 bits per heavy atom. The number of halogens is 3. The van der Waals surface area contributed by atoms with Crippen molar-refractivity contribution >= 4 is 5.71 Å². The number of aromatic nitrogens is 4. The predicted octanol–water partition coefficient (Wildman–Crippen LogP) is 3.38. The molecule has 26 heavy (non-hydrogen) atoms. The molecular weight excluding hydrogens is 345 g/mol. The molecule has 1 aromatic carbocycles. The molecule has 136 valence electrons. The summed E-state index contributed by atoms with van der Waals surface area (Å²) in [6.07, 6.45) is -2.82. The van der Waals surface area contributed by atoms with E-state index in [2.05, 4.69) is 10.1 Å². The minimum absolute atomic E-state index is 0.227. The van der Waals surface area contributed by atoms with Gasteiger partial charge in [0.2, 0.25) is 0 Å². The van der Waals surface area contributed by atoms with Crippen LogP contribution in [0, 0.1) is 12.3 Å². The second kappa shape index (κ2) is 6.01. The largest absolute Gasteiger partial charge is 0.416 e. The van der Waals surface area contributed by atoms with Gasteiger partial charge in [-0.15, -0.1) is 0 Å². The summed E-state index contributed by atoms with van der Waals surface area (Å²) >= 11 is 0. The van der Waals surface area contributed by atoms with Gasteiger partial charge >= 0.3 is 6.18 Å². The van der Waals surface area contributed by atoms with Gasteiger partial charge in [0.1, 0.15) is 17.2 Å². The zero-order valence-corrected chi connectivity index (χ0v) is 14.4. The number of nitrogens with one attached hydrogen (secondary N) is 1. The van der Waals surface area contributed by atoms with Crippen molar-refractivity contribution in [3.63, 3.8) is 0 Å². The van der Waals surface area contributed by atoms with Crippen LogP contribution in [0.25, 0.3) is 22.5 Å². The van der Waals surface area contributed by atoms with Crippen molar-refractivity contribution in [2.24, 2.45) is 7.05 Å². The van der Waals surface area contributed by atoms with Crippen LogP contribution >= 0.6 is 0 Å². The van der Waals surface area contributed by atoms with Crippen molar-refractivity contribution in [1.29, 1.82) is 5.41 Å². The quantitative estimate of drug-likeness (QED) is 0.553. The number of benzene rings is 1. The van der Waals surface area contributed by atoms with Gasteiger partial charge in [-0.2, -0.15) is 18.3 Å². The highest BCUT2D eigenvalue weighted by atomic mass is 19.4. The first kappa shape index (κ1) is 17.7. The van der Waals surface area contributed by atoms with Crippen LogP contribution in [0.5, 0.6) is 0 Å². The molecule has 0 aliphatic heterocycles. The molecule has 0 saturated heterocycles. The fraction of sp³-hybridized carbons (Fsp3) is 0.235. The molecule has 0 atom stereocenters. The number of nitrogen functional groups attached to an aromatic ring is 1. The molecule has 0 aliphatic carbocycles. The molecule has 0 fully saturated rings. The summed E-state index contributed by atoms with van der Waals surface area (Å²) in [4.78, 5) is 4.42. The van der Waals surface area contributed by atoms with Crippen LogP contribution < -0.4 is 5.84 Å². The van der Waals surface area contributed by atoms with Gasteiger partial charge in [0, 0.05) is 18.2 Å². The summed E-state index contributed by atoms with van der Waals surface area (Å²) in [6, 6.07) is 4.85. The van der Waals surface area contributed by atoms with E-state index in [4.69, 9.17) is 11.3 Å². The number of rotatable bonds is 3. The Hall–Kier alpha value is -3.10. The van der Waals surface area contributed by atoms with Crippen molar-refractivity contribution in [3.8, 4) is 22.5 Å². The van der Waals surface area contributed by atoms with Gasteiger partial charge in [-0.05, 0) is 26.0 Å². The van der Waals surface area contributed by atoms with Gasteiger partial charge in [0.25, 0.3) is 0 Å². The molecule has 9 heteroatoms. The van der Waals surface area contributed by atoms with Gasteiger partial charge < -0.3 is 11.3 Å². The average Bonchev–Trinajstić information content (AvgIpc) is 3.07. The van der Waals surface area contributed by atoms with E-state index < -0.39 is 11.7 Å². The van der Waals surface area contributed by atoms with Gasteiger partial charge in [-0.3, -0.25) is 4.68 Å². The Balaban J connectivity index is 2.18. The maximum Gasteiger partial charge on any atom is 0.416 e. The first-order valence-electron chi connectivity index (χ1n) is 7.71. The highest BCUT2D eigenvalue weighted by Gasteiger charge is 2.30. The zero-order chi connectivity index (χ0) is 19.2. The van der Waals surface area contributed by atoms with Crippen molar-refractivity contribution in [2.45, 2.75) is 20.0 Å². The second-order valence-electron chi connectivity index (χ2n) is 5.96. The molecule has 0 bridgehead atoms. The molecular formula is C17H17F3N6. The number of imidazole rings is 1. The summed E-state index contributed by atoms with van der Waals surface area (Å²) in [6.45, 7) is 3.31. The monoisotopic (exact) mass is 362 g/mol. The molecule has 3 N–H and O–H groups in total. The van der Waals surface area contributed by atoms with E-state index in [-0.39, 0.29) is 5.71 Å². The third kappa shape index (κ3) is 2.85. The maximum atomic E-state index is 12.8. The number of nitrogens with two attached hydrogens (primary N) is 1. The van der Waals surface area contributed by atoms with Gasteiger partial charge in [-0.1, -0.05) is 12.1 Å². The van der Waals surface area contributed by atoms with Gasteiger partial charge in [0.05, 0.1) is 23.2 Å². The Labute approximate surface area is 147 Å². The number of hydrogen-bond acceptors (Lipinski definition) is 4. The number of nitrogens with zero attached hydrogens (tertiary/aromatic N) is 4. The van der Waals surface area contributed by atoms with Crippen LogP contribution in [0.15, 0.2) is 30.5 Å². The molecule has 3 aromatic rings. The summed E-state index contributed by atoms with van der Waals surface area (Å²) < 4.78 is 41.3. The van der Waals surface area contributed by atoms with E-state index in [0.29, 0.717) is 34.0 Å². The Bertz CT molecular complexity index is 979. The molecule has 0 unspecified atom stereocenters. The van der Waals surface area contributed by atoms with Crippen LogP contribution in [-0.2, 0) is 13.2 Å². The van der Waals surface area contributed by atoms with Crippen LogP contribution in [-0.4, -0.2) is 25.2 Å². The molecule has 6 nitrogen and oxygen atoms in total. The first-order chi connectivity index (χ1) is 12.1. The third-order valence-electron chi connectivity index (χ3n) is 4.12. The standard InChI is InChI=1S/C17H17F3N6/c1-9(21)15-14(24-10(2)26(15)22)13-8-23-25(3)16(13)11-4-6-12(7-5-11)17(18,19)20/h4-8,21H,22H2,1-3H3. The van der Waals surface area contributed by atoms with E-state index in [9.17, 15) is 13.2 Å². The SMILES string of the molecule is CC(=N)c1c(-c2cnn(C)c2-c2ccc(C(F)(F)F)cc2)nc(C)n1N. The van der Waals surface area contributed by atoms with Gasteiger partial charge in [0.15, 0.2) is 0 Å². The lowest BCUT2D eigenvalue weighted by atomic mass is 10.0. The minimum atomic E-state index is -4.40. The lowest BCUT2D eigenvalue weighted by molar-refractivity contribution is -0.137. The van der Waals surface area contributed by atoms with Crippen molar-refractivity contribution in [1.82, 2.24) is 19.4 Å².